The molecule has 0 radical (unpaired) electrons. The molecular weight excluding hydrogens is 434 g/mol. The van der Waals surface area contributed by atoms with Crippen LogP contribution in [-0.2, 0) is 11.2 Å². The molecule has 0 bridgehead atoms. The number of rotatable bonds is 7. The summed E-state index contributed by atoms with van der Waals surface area (Å²) in [7, 11) is 3.22. The van der Waals surface area contributed by atoms with Crippen molar-refractivity contribution in [3.63, 3.8) is 0 Å². The summed E-state index contributed by atoms with van der Waals surface area (Å²) in [6.45, 7) is 2.50. The highest BCUT2D eigenvalue weighted by molar-refractivity contribution is 5.94. The first-order valence-electron chi connectivity index (χ1n) is 11.0. The van der Waals surface area contributed by atoms with Crippen LogP contribution in [0.15, 0.2) is 60.7 Å². The van der Waals surface area contributed by atoms with Crippen LogP contribution in [0, 0.1) is 17.0 Å². The predicted molar refractivity (Wildman–Crippen MR) is 130 cm³/mol. The zero-order valence-electron chi connectivity index (χ0n) is 19.4. The Morgan fingerprint density at radius 2 is 1.79 bits per heavy atom. The number of methoxy groups -OCH3 is 2. The van der Waals surface area contributed by atoms with Crippen molar-refractivity contribution in [1.82, 2.24) is 4.90 Å². The number of benzene rings is 3. The summed E-state index contributed by atoms with van der Waals surface area (Å²) in [4.78, 5) is 26.1. The minimum Gasteiger partial charge on any atom is -0.493 e. The van der Waals surface area contributed by atoms with Crippen LogP contribution in [0.4, 0.5) is 11.4 Å². The van der Waals surface area contributed by atoms with Gasteiger partial charge < -0.3 is 14.8 Å². The third kappa shape index (κ3) is 4.72. The summed E-state index contributed by atoms with van der Waals surface area (Å²) in [6.07, 6.45) is 0.733. The largest absolute Gasteiger partial charge is 0.493 e. The number of anilines is 1. The second kappa shape index (κ2) is 9.93. The fourth-order valence-corrected chi connectivity index (χ4v) is 4.47. The number of hydrogen-bond acceptors (Lipinski definition) is 6. The Kier molecular flexibility index (Phi) is 6.79. The van der Waals surface area contributed by atoms with Crippen molar-refractivity contribution < 1.29 is 19.2 Å². The highest BCUT2D eigenvalue weighted by Crippen LogP contribution is 2.41. The van der Waals surface area contributed by atoms with Gasteiger partial charge in [0.15, 0.2) is 11.5 Å². The molecule has 176 valence electrons. The van der Waals surface area contributed by atoms with E-state index in [1.807, 2.05) is 42.5 Å². The first-order chi connectivity index (χ1) is 16.4. The van der Waals surface area contributed by atoms with E-state index < -0.39 is 4.92 Å². The average Bonchev–Trinajstić information content (AvgIpc) is 2.84. The predicted octanol–water partition coefficient (Wildman–Crippen LogP) is 4.51. The normalized spacial score (nSPS) is 15.3. The van der Waals surface area contributed by atoms with Crippen LogP contribution >= 0.6 is 0 Å². The van der Waals surface area contributed by atoms with E-state index in [0.717, 1.165) is 28.7 Å². The van der Waals surface area contributed by atoms with Gasteiger partial charge in [-0.15, -0.1) is 0 Å². The van der Waals surface area contributed by atoms with Gasteiger partial charge in [-0.2, -0.15) is 0 Å². The minimum atomic E-state index is -0.480. The Morgan fingerprint density at radius 3 is 2.47 bits per heavy atom. The lowest BCUT2D eigenvalue weighted by Gasteiger charge is -2.37. The Bertz CT molecular complexity index is 1210. The number of nitrogens with one attached hydrogen (secondary N) is 1. The van der Waals surface area contributed by atoms with Gasteiger partial charge in [-0.3, -0.25) is 19.8 Å². The van der Waals surface area contributed by atoms with Gasteiger partial charge in [0.05, 0.1) is 31.7 Å². The molecule has 3 aromatic rings. The van der Waals surface area contributed by atoms with E-state index >= 15 is 0 Å². The summed E-state index contributed by atoms with van der Waals surface area (Å²) in [5.74, 6) is 0.992. The number of nitro groups is 1. The van der Waals surface area contributed by atoms with Crippen molar-refractivity contribution in [2.45, 2.75) is 19.4 Å². The number of amides is 1. The molecular formula is C26H27N3O5. The number of fused-ring (bicyclic) bond motifs is 1. The molecule has 0 saturated carbocycles. The highest BCUT2D eigenvalue weighted by Gasteiger charge is 2.32. The average molecular weight is 462 g/mol. The van der Waals surface area contributed by atoms with Crippen molar-refractivity contribution in [3.8, 4) is 11.5 Å². The number of hydrogen-bond donors (Lipinski definition) is 1. The van der Waals surface area contributed by atoms with E-state index in [1.54, 1.807) is 33.3 Å². The lowest BCUT2D eigenvalue weighted by atomic mass is 9.87. The maximum atomic E-state index is 13.0. The number of nitrogens with zero attached hydrogens (tertiary/aromatic N) is 2. The first kappa shape index (κ1) is 23.3. The zero-order chi connectivity index (χ0) is 24.2. The SMILES string of the molecule is COc1cc2c(cc1OC)C(c1ccccc1)N(CC(=O)Nc1ccc(C)cc1[N+](=O)[O-])CC2. The molecule has 8 heteroatoms. The van der Waals surface area contributed by atoms with Gasteiger partial charge in [0, 0.05) is 12.6 Å². The van der Waals surface area contributed by atoms with Gasteiger partial charge in [-0.25, -0.2) is 0 Å². The summed E-state index contributed by atoms with van der Waals surface area (Å²) in [5, 5.41) is 14.2. The lowest BCUT2D eigenvalue weighted by molar-refractivity contribution is -0.384. The lowest BCUT2D eigenvalue weighted by Crippen LogP contribution is -2.41. The molecule has 1 amide bonds. The van der Waals surface area contributed by atoms with Crippen LogP contribution < -0.4 is 14.8 Å². The molecule has 1 unspecified atom stereocenters. The molecule has 1 heterocycles. The Balaban J connectivity index is 1.66. The molecule has 34 heavy (non-hydrogen) atoms. The number of carbonyl (C=O) groups excluding carboxylic acids is 1. The van der Waals surface area contributed by atoms with Crippen molar-refractivity contribution in [3.05, 3.63) is 93.0 Å². The van der Waals surface area contributed by atoms with Crippen LogP contribution in [0.25, 0.3) is 0 Å². The molecule has 4 rings (SSSR count). The maximum Gasteiger partial charge on any atom is 0.293 e. The van der Waals surface area contributed by atoms with Crippen molar-refractivity contribution >= 4 is 17.3 Å². The van der Waals surface area contributed by atoms with Gasteiger partial charge in [0.2, 0.25) is 5.91 Å². The molecule has 8 nitrogen and oxygen atoms in total. The summed E-state index contributed by atoms with van der Waals surface area (Å²) in [6, 6.07) is 18.5. The van der Waals surface area contributed by atoms with Crippen LogP contribution in [0.5, 0.6) is 11.5 Å². The molecule has 3 aromatic carbocycles. The monoisotopic (exact) mass is 461 g/mol. The van der Waals surface area contributed by atoms with Gasteiger partial charge in [-0.1, -0.05) is 36.4 Å². The van der Waals surface area contributed by atoms with E-state index in [4.69, 9.17) is 9.47 Å². The number of carbonyl (C=O) groups is 1. The van der Waals surface area contributed by atoms with Crippen LogP contribution in [0.2, 0.25) is 0 Å². The van der Waals surface area contributed by atoms with Crippen molar-refractivity contribution in [1.29, 1.82) is 0 Å². The molecule has 0 spiro atoms. The number of nitro benzene ring substituents is 1. The summed E-state index contributed by atoms with van der Waals surface area (Å²) < 4.78 is 11.0. The fourth-order valence-electron chi connectivity index (χ4n) is 4.47. The van der Waals surface area contributed by atoms with Crippen LogP contribution in [0.3, 0.4) is 0 Å². The Morgan fingerprint density at radius 1 is 1.09 bits per heavy atom. The zero-order valence-corrected chi connectivity index (χ0v) is 19.4. The Hall–Kier alpha value is -3.91. The van der Waals surface area contributed by atoms with Gasteiger partial charge in [0.1, 0.15) is 5.69 Å². The van der Waals surface area contributed by atoms with E-state index in [0.29, 0.717) is 18.0 Å². The second-order valence-corrected chi connectivity index (χ2v) is 8.27. The Labute approximate surface area is 198 Å². The topological polar surface area (TPSA) is 93.9 Å². The van der Waals surface area contributed by atoms with Crippen molar-refractivity contribution in [2.75, 3.05) is 32.6 Å². The van der Waals surface area contributed by atoms with Crippen LogP contribution in [-0.4, -0.2) is 43.0 Å². The van der Waals surface area contributed by atoms with E-state index in [2.05, 4.69) is 10.2 Å². The van der Waals surface area contributed by atoms with Gasteiger partial charge >= 0.3 is 0 Å². The summed E-state index contributed by atoms with van der Waals surface area (Å²) in [5.41, 5.74) is 4.06. The first-order valence-corrected chi connectivity index (χ1v) is 11.0. The molecule has 1 aliphatic heterocycles. The quantitative estimate of drug-likeness (QED) is 0.411. The molecule has 0 saturated heterocycles. The molecule has 0 aliphatic carbocycles. The molecule has 0 aromatic heterocycles. The second-order valence-electron chi connectivity index (χ2n) is 8.27. The third-order valence-electron chi connectivity index (χ3n) is 6.06. The highest BCUT2D eigenvalue weighted by atomic mass is 16.6. The van der Waals surface area contributed by atoms with Crippen molar-refractivity contribution in [2.24, 2.45) is 0 Å². The standard InChI is InChI=1S/C26H27N3O5/c1-17-9-10-21(22(13-17)29(31)32)27-25(30)16-28-12-11-19-14-23(33-2)24(34-3)15-20(19)26(28)18-7-5-4-6-8-18/h4-10,13-15,26H,11-12,16H2,1-3H3,(H,27,30). The third-order valence-corrected chi connectivity index (χ3v) is 6.06. The van der Waals surface area contributed by atoms with E-state index in [-0.39, 0.29) is 29.9 Å². The molecule has 1 N–H and O–H groups in total. The molecule has 1 aliphatic rings. The smallest absolute Gasteiger partial charge is 0.293 e. The number of aryl methyl sites for hydroxylation is 1. The number of ether oxygens (including phenoxy) is 2. The minimum absolute atomic E-state index is 0.0817. The van der Waals surface area contributed by atoms with E-state index in [1.165, 1.54) is 6.07 Å². The summed E-state index contributed by atoms with van der Waals surface area (Å²) >= 11 is 0. The van der Waals surface area contributed by atoms with E-state index in [9.17, 15) is 14.9 Å². The van der Waals surface area contributed by atoms with Crippen LogP contribution in [0.1, 0.15) is 28.3 Å². The fraction of sp³-hybridized carbons (Fsp3) is 0.269. The molecule has 1 atom stereocenters. The maximum absolute atomic E-state index is 13.0. The van der Waals surface area contributed by atoms with Gasteiger partial charge in [-0.05, 0) is 53.8 Å². The molecule has 0 fully saturated rings. The van der Waals surface area contributed by atoms with Gasteiger partial charge in [0.25, 0.3) is 5.69 Å².